The third-order valence-corrected chi connectivity index (χ3v) is 5.16. The van der Waals surface area contributed by atoms with Crippen LogP contribution in [0.5, 0.6) is 0 Å². The summed E-state index contributed by atoms with van der Waals surface area (Å²) in [6, 6.07) is 7.38. The number of carbonyl (C=O) groups is 2. The van der Waals surface area contributed by atoms with Crippen molar-refractivity contribution >= 4 is 34.4 Å². The molecule has 0 saturated heterocycles. The standard InChI is InChI=1S/C21H26N6O5/c1-5-26(6-2)15-9-7-14(8-10-15)23-16(28)12-32-17(29)11-27-13-22-19-18(27)20(30)25(4)21(31)24(19)3/h7-10,13H,5-6,11-12H2,1-4H3,(H,23,28). The van der Waals surface area contributed by atoms with Crippen molar-refractivity contribution in [1.29, 1.82) is 0 Å². The van der Waals surface area contributed by atoms with Crippen LogP contribution in [0.3, 0.4) is 0 Å². The number of anilines is 2. The molecule has 0 saturated carbocycles. The van der Waals surface area contributed by atoms with Gasteiger partial charge in [-0.15, -0.1) is 0 Å². The summed E-state index contributed by atoms with van der Waals surface area (Å²) in [6.07, 6.45) is 1.28. The highest BCUT2D eigenvalue weighted by Crippen LogP contribution is 2.17. The SMILES string of the molecule is CCN(CC)c1ccc(NC(=O)COC(=O)Cn2cnc3c2c(=O)n(C)c(=O)n3C)cc1. The molecule has 0 atom stereocenters. The van der Waals surface area contributed by atoms with Gasteiger partial charge in [0.25, 0.3) is 11.5 Å². The highest BCUT2D eigenvalue weighted by Gasteiger charge is 2.17. The number of ether oxygens (including phenoxy) is 1. The number of amides is 1. The molecule has 2 aromatic heterocycles. The summed E-state index contributed by atoms with van der Waals surface area (Å²) in [5.74, 6) is -1.20. The first-order chi connectivity index (χ1) is 15.3. The number of hydrogen-bond donors (Lipinski definition) is 1. The molecule has 0 spiro atoms. The molecule has 3 rings (SSSR count). The van der Waals surface area contributed by atoms with Gasteiger partial charge >= 0.3 is 11.7 Å². The van der Waals surface area contributed by atoms with Crippen molar-refractivity contribution in [2.24, 2.45) is 14.1 Å². The zero-order valence-corrected chi connectivity index (χ0v) is 18.5. The lowest BCUT2D eigenvalue weighted by Crippen LogP contribution is -2.37. The van der Waals surface area contributed by atoms with Crippen molar-refractivity contribution in [1.82, 2.24) is 18.7 Å². The second kappa shape index (κ2) is 9.50. The van der Waals surface area contributed by atoms with Crippen LogP contribution in [0.4, 0.5) is 11.4 Å². The summed E-state index contributed by atoms with van der Waals surface area (Å²) in [5, 5.41) is 2.67. The molecule has 0 bridgehead atoms. The third kappa shape index (κ3) is 4.56. The molecular formula is C21H26N6O5. The highest BCUT2D eigenvalue weighted by atomic mass is 16.5. The minimum absolute atomic E-state index is 0.101. The molecule has 0 aliphatic heterocycles. The Labute approximate surface area is 183 Å². The van der Waals surface area contributed by atoms with E-state index in [1.807, 2.05) is 12.1 Å². The number of rotatable bonds is 8. The summed E-state index contributed by atoms with van der Waals surface area (Å²) in [6.45, 7) is 5.10. The monoisotopic (exact) mass is 442 g/mol. The van der Waals surface area contributed by atoms with Crippen molar-refractivity contribution in [3.8, 4) is 0 Å². The fourth-order valence-electron chi connectivity index (χ4n) is 3.39. The van der Waals surface area contributed by atoms with Crippen LogP contribution in [-0.4, -0.2) is 50.3 Å². The van der Waals surface area contributed by atoms with E-state index in [1.165, 1.54) is 29.6 Å². The fraction of sp³-hybridized carbons (Fsp3) is 0.381. The van der Waals surface area contributed by atoms with Crippen LogP contribution >= 0.6 is 0 Å². The average molecular weight is 442 g/mol. The first-order valence-corrected chi connectivity index (χ1v) is 10.2. The van der Waals surface area contributed by atoms with E-state index < -0.39 is 29.7 Å². The van der Waals surface area contributed by atoms with Crippen molar-refractivity contribution in [2.45, 2.75) is 20.4 Å². The summed E-state index contributed by atoms with van der Waals surface area (Å²) < 4.78 is 8.48. The molecule has 170 valence electrons. The number of benzene rings is 1. The smallest absolute Gasteiger partial charge is 0.332 e. The molecule has 0 fully saturated rings. The minimum atomic E-state index is -0.716. The summed E-state index contributed by atoms with van der Waals surface area (Å²) in [7, 11) is 2.83. The van der Waals surface area contributed by atoms with Gasteiger partial charge in [0.2, 0.25) is 0 Å². The maximum absolute atomic E-state index is 12.4. The topological polar surface area (TPSA) is 120 Å². The third-order valence-electron chi connectivity index (χ3n) is 5.16. The Balaban J connectivity index is 1.60. The van der Waals surface area contributed by atoms with E-state index >= 15 is 0 Å². The maximum atomic E-state index is 12.4. The van der Waals surface area contributed by atoms with Gasteiger partial charge in [0.15, 0.2) is 17.8 Å². The van der Waals surface area contributed by atoms with Gasteiger partial charge in [0, 0.05) is 38.6 Å². The van der Waals surface area contributed by atoms with Crippen LogP contribution in [0.1, 0.15) is 13.8 Å². The van der Waals surface area contributed by atoms with Gasteiger partial charge in [0.05, 0.1) is 6.33 Å². The van der Waals surface area contributed by atoms with E-state index in [1.54, 1.807) is 12.1 Å². The zero-order chi connectivity index (χ0) is 23.4. The summed E-state index contributed by atoms with van der Waals surface area (Å²) in [4.78, 5) is 55.0. The van der Waals surface area contributed by atoms with Crippen LogP contribution in [-0.2, 0) is 35.0 Å². The molecule has 11 nitrogen and oxygen atoms in total. The molecule has 1 amide bonds. The van der Waals surface area contributed by atoms with Gasteiger partial charge in [0.1, 0.15) is 6.54 Å². The van der Waals surface area contributed by atoms with Crippen LogP contribution < -0.4 is 21.5 Å². The lowest BCUT2D eigenvalue weighted by Gasteiger charge is -2.21. The normalized spacial score (nSPS) is 10.9. The minimum Gasteiger partial charge on any atom is -0.454 e. The number of aromatic nitrogens is 4. The first kappa shape index (κ1) is 22.8. The molecule has 3 aromatic rings. The lowest BCUT2D eigenvalue weighted by atomic mass is 10.2. The molecule has 32 heavy (non-hydrogen) atoms. The van der Waals surface area contributed by atoms with Gasteiger partial charge in [-0.25, -0.2) is 9.78 Å². The summed E-state index contributed by atoms with van der Waals surface area (Å²) in [5.41, 5.74) is 0.820. The zero-order valence-electron chi connectivity index (χ0n) is 18.5. The van der Waals surface area contributed by atoms with Crippen LogP contribution in [0.2, 0.25) is 0 Å². The Morgan fingerprint density at radius 3 is 2.34 bits per heavy atom. The van der Waals surface area contributed by atoms with E-state index in [-0.39, 0.29) is 17.7 Å². The molecule has 0 aliphatic carbocycles. The van der Waals surface area contributed by atoms with Crippen LogP contribution in [0.25, 0.3) is 11.2 Å². The Hall–Kier alpha value is -3.89. The molecule has 0 radical (unpaired) electrons. The number of aryl methyl sites for hydroxylation is 1. The Morgan fingerprint density at radius 1 is 1.06 bits per heavy atom. The van der Waals surface area contributed by atoms with Crippen LogP contribution in [0, 0.1) is 0 Å². The Morgan fingerprint density at radius 2 is 1.72 bits per heavy atom. The van der Waals surface area contributed by atoms with Gasteiger partial charge in [-0.1, -0.05) is 0 Å². The number of esters is 1. The molecule has 0 aliphatic rings. The van der Waals surface area contributed by atoms with Gasteiger partial charge < -0.3 is 19.5 Å². The van der Waals surface area contributed by atoms with Crippen molar-refractivity contribution in [3.63, 3.8) is 0 Å². The number of nitrogens with zero attached hydrogens (tertiary/aromatic N) is 5. The first-order valence-electron chi connectivity index (χ1n) is 10.2. The van der Waals surface area contributed by atoms with E-state index in [2.05, 4.69) is 29.0 Å². The Kier molecular flexibility index (Phi) is 6.76. The van der Waals surface area contributed by atoms with Crippen LogP contribution in [0.15, 0.2) is 40.2 Å². The van der Waals surface area contributed by atoms with Crippen molar-refractivity contribution in [2.75, 3.05) is 29.9 Å². The lowest BCUT2D eigenvalue weighted by molar-refractivity contribution is -0.147. The number of imidazole rings is 1. The van der Waals surface area contributed by atoms with Crippen molar-refractivity contribution < 1.29 is 14.3 Å². The summed E-state index contributed by atoms with van der Waals surface area (Å²) >= 11 is 0. The van der Waals surface area contributed by atoms with E-state index in [0.29, 0.717) is 5.69 Å². The predicted octanol–water partition coefficient (Wildman–Crippen LogP) is 0.462. The van der Waals surface area contributed by atoms with E-state index in [9.17, 15) is 19.2 Å². The van der Waals surface area contributed by atoms with Gasteiger partial charge in [-0.05, 0) is 38.1 Å². The number of nitrogens with one attached hydrogen (secondary N) is 1. The average Bonchev–Trinajstić information content (AvgIpc) is 3.20. The molecule has 1 aromatic carbocycles. The molecule has 2 heterocycles. The highest BCUT2D eigenvalue weighted by molar-refractivity contribution is 5.93. The number of hydrogen-bond acceptors (Lipinski definition) is 7. The van der Waals surface area contributed by atoms with Gasteiger partial charge in [-0.3, -0.25) is 23.5 Å². The second-order valence-corrected chi connectivity index (χ2v) is 7.18. The predicted molar refractivity (Wildman–Crippen MR) is 120 cm³/mol. The Bertz CT molecular complexity index is 1250. The van der Waals surface area contributed by atoms with E-state index in [0.717, 1.165) is 23.3 Å². The number of fused-ring (bicyclic) bond motifs is 1. The molecule has 0 unspecified atom stereocenters. The second-order valence-electron chi connectivity index (χ2n) is 7.18. The fourth-order valence-corrected chi connectivity index (χ4v) is 3.39. The largest absolute Gasteiger partial charge is 0.454 e. The maximum Gasteiger partial charge on any atom is 0.332 e. The quantitative estimate of drug-likeness (QED) is 0.503. The van der Waals surface area contributed by atoms with E-state index in [4.69, 9.17) is 4.74 Å². The van der Waals surface area contributed by atoms with Crippen molar-refractivity contribution in [3.05, 3.63) is 51.4 Å². The number of carbonyl (C=O) groups excluding carboxylic acids is 2. The van der Waals surface area contributed by atoms with Gasteiger partial charge in [-0.2, -0.15) is 0 Å². The molecular weight excluding hydrogens is 416 g/mol. The molecule has 1 N–H and O–H groups in total. The molecule has 11 heteroatoms.